The average Bonchev–Trinajstić information content (AvgIpc) is 2.65. The lowest BCUT2D eigenvalue weighted by atomic mass is 9.73. The van der Waals surface area contributed by atoms with Crippen LogP contribution >= 0.6 is 0 Å². The van der Waals surface area contributed by atoms with Gasteiger partial charge in [0.25, 0.3) is 0 Å². The summed E-state index contributed by atoms with van der Waals surface area (Å²) >= 11 is 0. The molecule has 0 bridgehead atoms. The van der Waals surface area contributed by atoms with Crippen LogP contribution in [0.25, 0.3) is 0 Å². The summed E-state index contributed by atoms with van der Waals surface area (Å²) in [7, 11) is 0. The summed E-state index contributed by atoms with van der Waals surface area (Å²) < 4.78 is 0. The maximum Gasteiger partial charge on any atom is 0.169 e. The zero-order valence-corrected chi connectivity index (χ0v) is 25.4. The maximum atomic E-state index is 13.4. The van der Waals surface area contributed by atoms with Crippen molar-refractivity contribution in [2.45, 2.75) is 144 Å². The second kappa shape index (κ2) is 12.6. The van der Waals surface area contributed by atoms with Gasteiger partial charge in [0.2, 0.25) is 0 Å². The number of aliphatic hydroxyl groups is 1. The Morgan fingerprint density at radius 1 is 0.571 bits per heavy atom. The minimum absolute atomic E-state index is 0.0216. The molecule has 0 aliphatic carbocycles. The molecule has 0 heterocycles. The van der Waals surface area contributed by atoms with E-state index in [1.165, 1.54) is 0 Å². The van der Waals surface area contributed by atoms with Gasteiger partial charge in [-0.05, 0) is 88.1 Å². The van der Waals surface area contributed by atoms with Crippen LogP contribution < -0.4 is 16.0 Å². The van der Waals surface area contributed by atoms with Gasteiger partial charge < -0.3 is 21.1 Å². The minimum Gasteiger partial charge on any atom is -0.383 e. The van der Waals surface area contributed by atoms with Gasteiger partial charge in [-0.2, -0.15) is 0 Å². The highest BCUT2D eigenvalue weighted by Gasteiger charge is 2.39. The number of carbonyl (C=O) groups is 2. The number of hydrogen-bond acceptors (Lipinski definition) is 6. The number of nitrogens with one attached hydrogen (secondary N) is 3. The molecule has 0 aromatic rings. The first kappa shape index (κ1) is 34.2. The summed E-state index contributed by atoms with van der Waals surface area (Å²) in [5, 5.41) is 20.7. The summed E-state index contributed by atoms with van der Waals surface area (Å²) in [6.07, 6.45) is 4.22. The molecule has 0 aromatic heterocycles. The van der Waals surface area contributed by atoms with Crippen molar-refractivity contribution in [3.05, 3.63) is 0 Å². The maximum absolute atomic E-state index is 13.4. The highest BCUT2D eigenvalue weighted by molar-refractivity contribution is 5.92. The lowest BCUT2D eigenvalue weighted by molar-refractivity contribution is -0.143. The number of ketones is 2. The van der Waals surface area contributed by atoms with Crippen LogP contribution in [0.3, 0.4) is 0 Å². The van der Waals surface area contributed by atoms with E-state index < -0.39 is 22.0 Å². The Balaban J connectivity index is 4.59. The summed E-state index contributed by atoms with van der Waals surface area (Å²) in [4.78, 5) is 25.8. The van der Waals surface area contributed by atoms with Crippen molar-refractivity contribution in [1.82, 2.24) is 16.0 Å². The SMILES string of the molecule is CC(C)(C)NCCC(C)(C)NCCNC(C)(C)C(=O)C(C)(C)CCCCC(C)(C)C(=O)C(C)(C)O. The highest BCUT2D eigenvalue weighted by Crippen LogP contribution is 2.33. The highest BCUT2D eigenvalue weighted by atomic mass is 16.3. The van der Waals surface area contributed by atoms with E-state index in [0.29, 0.717) is 6.42 Å². The monoisotopic (exact) mass is 497 g/mol. The number of rotatable bonds is 17. The van der Waals surface area contributed by atoms with Crippen LogP contribution in [0.15, 0.2) is 0 Å². The summed E-state index contributed by atoms with van der Waals surface area (Å²) in [6.45, 7) is 28.3. The van der Waals surface area contributed by atoms with E-state index in [1.807, 2.05) is 41.5 Å². The minimum atomic E-state index is -1.32. The van der Waals surface area contributed by atoms with E-state index in [2.05, 4.69) is 50.6 Å². The predicted molar refractivity (Wildman–Crippen MR) is 149 cm³/mol. The zero-order chi connectivity index (χ0) is 27.9. The molecule has 0 saturated heterocycles. The van der Waals surface area contributed by atoms with Crippen LogP contribution in [-0.4, -0.2) is 58.5 Å². The molecule has 6 nitrogen and oxygen atoms in total. The van der Waals surface area contributed by atoms with Gasteiger partial charge in [-0.1, -0.05) is 40.5 Å². The van der Waals surface area contributed by atoms with Crippen molar-refractivity contribution in [3.8, 4) is 0 Å². The van der Waals surface area contributed by atoms with Crippen LogP contribution in [0, 0.1) is 10.8 Å². The van der Waals surface area contributed by atoms with Gasteiger partial charge in [0.05, 0.1) is 5.54 Å². The van der Waals surface area contributed by atoms with E-state index in [-0.39, 0.29) is 22.6 Å². The first-order valence-electron chi connectivity index (χ1n) is 13.5. The molecular formula is C29H59N3O3. The van der Waals surface area contributed by atoms with Crippen molar-refractivity contribution in [2.24, 2.45) is 10.8 Å². The first-order valence-corrected chi connectivity index (χ1v) is 13.5. The smallest absolute Gasteiger partial charge is 0.169 e. The summed E-state index contributed by atoms with van der Waals surface area (Å²) in [5.74, 6) is 0.0818. The number of carbonyl (C=O) groups excluding carboxylic acids is 2. The summed E-state index contributed by atoms with van der Waals surface area (Å²) in [6, 6.07) is 0. The molecule has 0 radical (unpaired) electrons. The Morgan fingerprint density at radius 2 is 1.00 bits per heavy atom. The molecule has 0 spiro atoms. The fourth-order valence-electron chi connectivity index (χ4n) is 4.73. The van der Waals surface area contributed by atoms with Gasteiger partial charge in [-0.15, -0.1) is 0 Å². The van der Waals surface area contributed by atoms with Crippen molar-refractivity contribution in [3.63, 3.8) is 0 Å². The molecule has 0 fully saturated rings. The molecular weight excluding hydrogens is 438 g/mol. The molecule has 0 aliphatic heterocycles. The lowest BCUT2D eigenvalue weighted by Crippen LogP contribution is -2.54. The summed E-state index contributed by atoms with van der Waals surface area (Å²) in [5.41, 5.74) is -2.81. The normalized spacial score (nSPS) is 14.3. The van der Waals surface area contributed by atoms with Crippen LogP contribution in [0.5, 0.6) is 0 Å². The largest absolute Gasteiger partial charge is 0.383 e. The van der Waals surface area contributed by atoms with Crippen molar-refractivity contribution >= 4 is 11.6 Å². The number of unbranched alkanes of at least 4 members (excludes halogenated alkanes) is 1. The van der Waals surface area contributed by atoms with Gasteiger partial charge in [0, 0.05) is 35.0 Å². The van der Waals surface area contributed by atoms with E-state index in [9.17, 15) is 14.7 Å². The van der Waals surface area contributed by atoms with E-state index in [1.54, 1.807) is 13.8 Å². The third-order valence-electron chi connectivity index (χ3n) is 6.91. The Kier molecular flexibility index (Phi) is 12.3. The van der Waals surface area contributed by atoms with E-state index >= 15 is 0 Å². The molecule has 35 heavy (non-hydrogen) atoms. The Hall–Kier alpha value is -0.820. The Bertz CT molecular complexity index is 680. The fraction of sp³-hybridized carbons (Fsp3) is 0.931. The second-order valence-electron chi connectivity index (χ2n) is 14.5. The van der Waals surface area contributed by atoms with Gasteiger partial charge in [-0.25, -0.2) is 0 Å². The standard InChI is InChI=1S/C29H59N3O3/c1-24(2,3)30-19-18-27(8,9)31-20-21-32-28(10,11)22(33)25(4,5)16-14-15-17-26(6,7)23(34)29(12,13)35/h30-32,35H,14-21H2,1-13H3. The molecule has 0 aromatic carbocycles. The van der Waals surface area contributed by atoms with Crippen LogP contribution in [0.2, 0.25) is 0 Å². The molecule has 0 unspecified atom stereocenters. The topological polar surface area (TPSA) is 90.5 Å². The van der Waals surface area contributed by atoms with Gasteiger partial charge in [0.15, 0.2) is 11.6 Å². The van der Waals surface area contributed by atoms with Crippen molar-refractivity contribution in [2.75, 3.05) is 19.6 Å². The fourth-order valence-corrected chi connectivity index (χ4v) is 4.73. The van der Waals surface area contributed by atoms with Crippen LogP contribution in [-0.2, 0) is 9.59 Å². The molecule has 6 heteroatoms. The lowest BCUT2D eigenvalue weighted by Gasteiger charge is -2.35. The molecule has 0 saturated carbocycles. The van der Waals surface area contributed by atoms with Gasteiger partial charge >= 0.3 is 0 Å². The quantitative estimate of drug-likeness (QED) is 0.211. The predicted octanol–water partition coefficient (Wildman–Crippen LogP) is 5.02. The average molecular weight is 498 g/mol. The third kappa shape index (κ3) is 13.3. The van der Waals surface area contributed by atoms with Crippen LogP contribution in [0.1, 0.15) is 122 Å². The first-order chi connectivity index (χ1) is 15.4. The Labute approximate surface area is 217 Å². The molecule has 0 aliphatic rings. The molecule has 0 amide bonds. The van der Waals surface area contributed by atoms with E-state index in [0.717, 1.165) is 45.3 Å². The zero-order valence-electron chi connectivity index (χ0n) is 25.4. The van der Waals surface area contributed by atoms with E-state index in [4.69, 9.17) is 0 Å². The van der Waals surface area contributed by atoms with Gasteiger partial charge in [0.1, 0.15) is 5.60 Å². The third-order valence-corrected chi connectivity index (χ3v) is 6.91. The second-order valence-corrected chi connectivity index (χ2v) is 14.5. The van der Waals surface area contributed by atoms with Gasteiger partial charge in [-0.3, -0.25) is 9.59 Å². The number of Topliss-reactive ketones (excluding diaryl/α,β-unsaturated/α-hetero) is 2. The Morgan fingerprint density at radius 3 is 1.43 bits per heavy atom. The molecule has 0 rings (SSSR count). The molecule has 0 atom stereocenters. The molecule has 208 valence electrons. The van der Waals surface area contributed by atoms with Crippen LogP contribution in [0.4, 0.5) is 0 Å². The van der Waals surface area contributed by atoms with Crippen molar-refractivity contribution in [1.29, 1.82) is 0 Å². The molecule has 4 N–H and O–H groups in total. The number of hydrogen-bond donors (Lipinski definition) is 4. The van der Waals surface area contributed by atoms with Crippen molar-refractivity contribution < 1.29 is 14.7 Å².